The minimum absolute atomic E-state index is 0.0501. The van der Waals surface area contributed by atoms with Crippen LogP contribution in [-0.4, -0.2) is 26.9 Å². The molecule has 1 aromatic heterocycles. The van der Waals surface area contributed by atoms with Crippen LogP contribution in [0, 0.1) is 12.7 Å². The van der Waals surface area contributed by atoms with Crippen molar-refractivity contribution in [1.29, 1.82) is 0 Å². The summed E-state index contributed by atoms with van der Waals surface area (Å²) < 4.78 is 29.7. The van der Waals surface area contributed by atoms with E-state index in [0.717, 1.165) is 5.56 Å². The van der Waals surface area contributed by atoms with Crippen molar-refractivity contribution in [3.05, 3.63) is 59.7 Å². The highest BCUT2D eigenvalue weighted by Gasteiger charge is 2.29. The topological polar surface area (TPSA) is 94.7 Å². The van der Waals surface area contributed by atoms with Gasteiger partial charge in [-0.1, -0.05) is 0 Å². The molecule has 1 N–H and O–H groups in total. The molecule has 0 saturated heterocycles. The van der Waals surface area contributed by atoms with Gasteiger partial charge in [0.25, 0.3) is 5.89 Å². The molecule has 0 amide bonds. The Morgan fingerprint density at radius 2 is 1.89 bits per heavy atom. The van der Waals surface area contributed by atoms with Gasteiger partial charge in [0.1, 0.15) is 17.3 Å². The second kappa shape index (κ2) is 7.67. The number of hydrogen-bond donors (Lipinski definition) is 1. The van der Waals surface area contributed by atoms with E-state index in [-0.39, 0.29) is 24.2 Å². The maximum Gasteiger partial charge on any atom is 0.347 e. The van der Waals surface area contributed by atoms with E-state index in [0.29, 0.717) is 17.1 Å². The first-order chi connectivity index (χ1) is 13.2. The summed E-state index contributed by atoms with van der Waals surface area (Å²) >= 11 is 0. The molecule has 0 unspecified atom stereocenters. The van der Waals surface area contributed by atoms with Gasteiger partial charge >= 0.3 is 5.97 Å². The molecular weight excluding hydrogens is 367 g/mol. The molecule has 1 heterocycles. The second-order valence-corrected chi connectivity index (χ2v) is 6.64. The predicted molar refractivity (Wildman–Crippen MR) is 97.5 cm³/mol. The molecule has 0 atom stereocenters. The number of ether oxygens (including phenoxy) is 2. The third-order valence-corrected chi connectivity index (χ3v) is 3.95. The number of rotatable bonds is 7. The molecule has 0 radical (unpaired) electrons. The normalized spacial score (nSPS) is 11.3. The summed E-state index contributed by atoms with van der Waals surface area (Å²) in [6.45, 7) is 4.80. The fraction of sp³-hybridized carbons (Fsp3) is 0.250. The van der Waals surface area contributed by atoms with Crippen molar-refractivity contribution in [3.63, 3.8) is 0 Å². The highest BCUT2D eigenvalue weighted by atomic mass is 19.1. The number of carboxylic acid groups (broad SMARTS) is 1. The summed E-state index contributed by atoms with van der Waals surface area (Å²) in [7, 11) is 0. The Morgan fingerprint density at radius 3 is 2.54 bits per heavy atom. The fourth-order valence-electron chi connectivity index (χ4n) is 2.31. The lowest BCUT2D eigenvalue weighted by atomic mass is 10.1. The maximum absolute atomic E-state index is 13.0. The van der Waals surface area contributed by atoms with Crippen LogP contribution < -0.4 is 9.47 Å². The van der Waals surface area contributed by atoms with E-state index in [1.807, 2.05) is 0 Å². The number of aliphatic carboxylic acids is 1. The van der Waals surface area contributed by atoms with Crippen LogP contribution in [0.25, 0.3) is 11.5 Å². The first-order valence-corrected chi connectivity index (χ1v) is 8.49. The zero-order valence-electron chi connectivity index (χ0n) is 15.6. The lowest BCUT2D eigenvalue weighted by Gasteiger charge is -2.22. The largest absolute Gasteiger partial charge is 0.484 e. The smallest absolute Gasteiger partial charge is 0.347 e. The van der Waals surface area contributed by atoms with Gasteiger partial charge in [-0.2, -0.15) is 0 Å². The number of carboxylic acids is 1. The van der Waals surface area contributed by atoms with Crippen LogP contribution in [0.1, 0.15) is 25.3 Å². The standard InChI is InChI=1S/C20H19FN2O5/c1-12-10-15(8-9-16(12)28-20(2,3)19(24)25)26-11-17-22-23-18(27-17)13-4-6-14(21)7-5-13/h4-10H,11H2,1-3H3,(H,24,25). The monoisotopic (exact) mass is 386 g/mol. The zero-order chi connectivity index (χ0) is 20.3. The molecule has 2 aromatic carbocycles. The van der Waals surface area contributed by atoms with Crippen LogP contribution in [-0.2, 0) is 11.4 Å². The summed E-state index contributed by atoms with van der Waals surface area (Å²) in [5.74, 6) is 0.135. The molecule has 3 rings (SSSR count). The Morgan fingerprint density at radius 1 is 1.18 bits per heavy atom. The molecule has 0 aliphatic rings. The third-order valence-electron chi connectivity index (χ3n) is 3.95. The van der Waals surface area contributed by atoms with Crippen molar-refractivity contribution in [2.45, 2.75) is 33.0 Å². The van der Waals surface area contributed by atoms with Crippen molar-refractivity contribution in [2.24, 2.45) is 0 Å². The quantitative estimate of drug-likeness (QED) is 0.656. The Kier molecular flexibility index (Phi) is 5.30. The Hall–Kier alpha value is -3.42. The molecular formula is C20H19FN2O5. The van der Waals surface area contributed by atoms with E-state index < -0.39 is 11.6 Å². The highest BCUT2D eigenvalue weighted by molar-refractivity contribution is 5.76. The Bertz CT molecular complexity index is 983. The lowest BCUT2D eigenvalue weighted by molar-refractivity contribution is -0.152. The number of carbonyl (C=O) groups is 1. The molecule has 8 heteroatoms. The number of benzene rings is 2. The van der Waals surface area contributed by atoms with Crippen LogP contribution in [0.2, 0.25) is 0 Å². The van der Waals surface area contributed by atoms with Crippen molar-refractivity contribution in [3.8, 4) is 23.0 Å². The van der Waals surface area contributed by atoms with Gasteiger partial charge in [-0.05, 0) is 68.8 Å². The van der Waals surface area contributed by atoms with Gasteiger partial charge in [-0.25, -0.2) is 9.18 Å². The van der Waals surface area contributed by atoms with Gasteiger partial charge in [-0.3, -0.25) is 0 Å². The zero-order valence-corrected chi connectivity index (χ0v) is 15.6. The number of aryl methyl sites for hydroxylation is 1. The molecule has 0 aliphatic carbocycles. The van der Waals surface area contributed by atoms with E-state index >= 15 is 0 Å². The van der Waals surface area contributed by atoms with Crippen LogP contribution in [0.4, 0.5) is 4.39 Å². The highest BCUT2D eigenvalue weighted by Crippen LogP contribution is 2.27. The van der Waals surface area contributed by atoms with Gasteiger partial charge in [-0.15, -0.1) is 10.2 Å². The molecule has 28 heavy (non-hydrogen) atoms. The van der Waals surface area contributed by atoms with Crippen molar-refractivity contribution in [1.82, 2.24) is 10.2 Å². The van der Waals surface area contributed by atoms with Crippen LogP contribution in [0.15, 0.2) is 46.9 Å². The molecule has 146 valence electrons. The second-order valence-electron chi connectivity index (χ2n) is 6.64. The fourth-order valence-corrected chi connectivity index (χ4v) is 2.31. The first kappa shape index (κ1) is 19.3. The van der Waals surface area contributed by atoms with Gasteiger partial charge < -0.3 is 19.0 Å². The van der Waals surface area contributed by atoms with Gasteiger partial charge in [0, 0.05) is 5.56 Å². The van der Waals surface area contributed by atoms with E-state index in [1.165, 1.54) is 26.0 Å². The summed E-state index contributed by atoms with van der Waals surface area (Å²) in [6.07, 6.45) is 0. The van der Waals surface area contributed by atoms with E-state index in [4.69, 9.17) is 19.0 Å². The average molecular weight is 386 g/mol. The maximum atomic E-state index is 13.0. The van der Waals surface area contributed by atoms with Crippen molar-refractivity contribution < 1.29 is 28.2 Å². The molecule has 0 bridgehead atoms. The van der Waals surface area contributed by atoms with Crippen LogP contribution in [0.5, 0.6) is 11.5 Å². The number of halogens is 1. The molecule has 0 fully saturated rings. The van der Waals surface area contributed by atoms with Crippen molar-refractivity contribution in [2.75, 3.05) is 0 Å². The summed E-state index contributed by atoms with van der Waals surface area (Å²) in [5.41, 5.74) is -0.00362. The third kappa shape index (κ3) is 4.46. The van der Waals surface area contributed by atoms with Crippen molar-refractivity contribution >= 4 is 5.97 Å². The number of nitrogens with zero attached hydrogens (tertiary/aromatic N) is 2. The molecule has 0 spiro atoms. The van der Waals surface area contributed by atoms with Gasteiger partial charge in [0.15, 0.2) is 12.2 Å². The van der Waals surface area contributed by atoms with Gasteiger partial charge in [0.05, 0.1) is 0 Å². The van der Waals surface area contributed by atoms with E-state index in [9.17, 15) is 9.18 Å². The van der Waals surface area contributed by atoms with Crippen LogP contribution in [0.3, 0.4) is 0 Å². The summed E-state index contributed by atoms with van der Waals surface area (Å²) in [5, 5.41) is 17.0. The molecule has 7 nitrogen and oxygen atoms in total. The predicted octanol–water partition coefficient (Wildman–Crippen LogP) is 4.01. The number of hydrogen-bond acceptors (Lipinski definition) is 6. The summed E-state index contributed by atoms with van der Waals surface area (Å²) in [4.78, 5) is 11.2. The van der Waals surface area contributed by atoms with E-state index in [1.54, 1.807) is 37.3 Å². The summed E-state index contributed by atoms with van der Waals surface area (Å²) in [6, 6.07) is 10.8. The molecule has 0 saturated carbocycles. The van der Waals surface area contributed by atoms with Crippen LogP contribution >= 0.6 is 0 Å². The SMILES string of the molecule is Cc1cc(OCc2nnc(-c3ccc(F)cc3)o2)ccc1OC(C)(C)C(=O)O. The molecule has 0 aliphatic heterocycles. The number of aromatic nitrogens is 2. The first-order valence-electron chi connectivity index (χ1n) is 8.49. The lowest BCUT2D eigenvalue weighted by Crippen LogP contribution is -2.38. The average Bonchev–Trinajstić information content (AvgIpc) is 3.11. The van der Waals surface area contributed by atoms with Gasteiger partial charge in [0.2, 0.25) is 5.89 Å². The Balaban J connectivity index is 1.64. The molecule has 3 aromatic rings. The Labute approximate surface area is 160 Å². The van der Waals surface area contributed by atoms with E-state index in [2.05, 4.69) is 10.2 Å². The minimum atomic E-state index is -1.34. The minimum Gasteiger partial charge on any atom is -0.484 e.